The molecule has 110 valence electrons. The predicted octanol–water partition coefficient (Wildman–Crippen LogP) is 3.83. The number of carbonyl (C=O) groups excluding carboxylic acids is 1. The van der Waals surface area contributed by atoms with E-state index in [-0.39, 0.29) is 19.4 Å². The molecule has 0 aromatic heterocycles. The van der Waals surface area contributed by atoms with Gasteiger partial charge in [0.2, 0.25) is 0 Å². The first-order valence-electron chi connectivity index (χ1n) is 6.76. The molecule has 1 fully saturated rings. The van der Waals surface area contributed by atoms with Gasteiger partial charge in [-0.25, -0.2) is 13.6 Å². The number of hydrogen-bond donors (Lipinski definition) is 0. The molecule has 3 nitrogen and oxygen atoms in total. The van der Waals surface area contributed by atoms with Crippen LogP contribution in [0.5, 0.6) is 0 Å². The van der Waals surface area contributed by atoms with E-state index in [0.717, 1.165) is 5.56 Å². The highest BCUT2D eigenvalue weighted by Crippen LogP contribution is 2.35. The highest BCUT2D eigenvalue weighted by Gasteiger charge is 2.44. The van der Waals surface area contributed by atoms with Gasteiger partial charge in [-0.15, -0.1) is 0 Å². The zero-order valence-corrected chi connectivity index (χ0v) is 11.7. The number of hydrogen-bond acceptors (Lipinski definition) is 2. The number of benzene rings is 1. The normalized spacial score (nSPS) is 25.3. The van der Waals surface area contributed by atoms with Crippen molar-refractivity contribution in [2.75, 3.05) is 0 Å². The van der Waals surface area contributed by atoms with E-state index in [1.54, 1.807) is 13.8 Å². The molecule has 5 heteroatoms. The lowest BCUT2D eigenvalue weighted by molar-refractivity contribution is -0.0897. The van der Waals surface area contributed by atoms with Crippen LogP contribution in [0.4, 0.5) is 13.6 Å². The largest absolute Gasteiger partial charge is 0.445 e. The number of carbonyl (C=O) groups is 1. The van der Waals surface area contributed by atoms with Gasteiger partial charge in [0.1, 0.15) is 6.61 Å². The van der Waals surface area contributed by atoms with Crippen molar-refractivity contribution in [1.29, 1.82) is 0 Å². The molecule has 1 saturated heterocycles. The van der Waals surface area contributed by atoms with Gasteiger partial charge in [-0.05, 0) is 19.4 Å². The van der Waals surface area contributed by atoms with Crippen LogP contribution in [0, 0.1) is 0 Å². The van der Waals surface area contributed by atoms with E-state index in [1.165, 1.54) is 4.90 Å². The molecule has 1 aliphatic rings. The number of alkyl halides is 2. The molecular weight excluding hydrogens is 264 g/mol. The van der Waals surface area contributed by atoms with Crippen molar-refractivity contribution in [2.45, 2.75) is 51.3 Å². The molecule has 1 aromatic carbocycles. The molecule has 0 radical (unpaired) electrons. The second kappa shape index (κ2) is 5.77. The SMILES string of the molecule is C[C@@H]1CC(F)(F)C[C@H](C)N1C(=O)OCc1ccccc1. The fraction of sp³-hybridized carbons (Fsp3) is 0.533. The highest BCUT2D eigenvalue weighted by atomic mass is 19.3. The van der Waals surface area contributed by atoms with Crippen molar-refractivity contribution in [2.24, 2.45) is 0 Å². The molecule has 1 amide bonds. The lowest BCUT2D eigenvalue weighted by Gasteiger charge is -2.41. The quantitative estimate of drug-likeness (QED) is 0.825. The standard InChI is InChI=1S/C15H19F2NO2/c1-11-8-15(16,17)9-12(2)18(11)14(19)20-10-13-6-4-3-5-7-13/h3-7,11-12H,8-10H2,1-2H3/t11-,12+. The first-order chi connectivity index (χ1) is 9.39. The highest BCUT2D eigenvalue weighted by molar-refractivity contribution is 5.68. The van der Waals surface area contributed by atoms with E-state index >= 15 is 0 Å². The lowest BCUT2D eigenvalue weighted by Crippen LogP contribution is -2.53. The topological polar surface area (TPSA) is 29.5 Å². The second-order valence-electron chi connectivity index (χ2n) is 5.41. The van der Waals surface area contributed by atoms with Gasteiger partial charge in [0.25, 0.3) is 5.92 Å². The maximum absolute atomic E-state index is 13.4. The molecule has 2 atom stereocenters. The number of likely N-dealkylation sites (tertiary alicyclic amines) is 1. The number of nitrogens with zero attached hydrogens (tertiary/aromatic N) is 1. The first kappa shape index (κ1) is 14.8. The summed E-state index contributed by atoms with van der Waals surface area (Å²) >= 11 is 0. The Bertz CT molecular complexity index is 450. The second-order valence-corrected chi connectivity index (χ2v) is 5.41. The van der Waals surface area contributed by atoms with Crippen LogP contribution in [-0.2, 0) is 11.3 Å². The summed E-state index contributed by atoms with van der Waals surface area (Å²) in [6, 6.07) is 8.26. The van der Waals surface area contributed by atoms with Crippen molar-refractivity contribution in [3.63, 3.8) is 0 Å². The Morgan fingerprint density at radius 3 is 2.35 bits per heavy atom. The third kappa shape index (κ3) is 3.46. The monoisotopic (exact) mass is 283 g/mol. The van der Waals surface area contributed by atoms with E-state index in [4.69, 9.17) is 4.74 Å². The molecule has 1 heterocycles. The molecule has 0 aliphatic carbocycles. The Labute approximate surface area is 117 Å². The molecule has 0 N–H and O–H groups in total. The zero-order valence-electron chi connectivity index (χ0n) is 11.7. The zero-order chi connectivity index (χ0) is 14.8. The van der Waals surface area contributed by atoms with Gasteiger partial charge >= 0.3 is 6.09 Å². The Balaban J connectivity index is 1.95. The molecular formula is C15H19F2NO2. The van der Waals surface area contributed by atoms with Crippen molar-refractivity contribution in [3.05, 3.63) is 35.9 Å². The van der Waals surface area contributed by atoms with Crippen LogP contribution in [0.15, 0.2) is 30.3 Å². The number of ether oxygens (including phenoxy) is 1. The van der Waals surface area contributed by atoms with Crippen LogP contribution < -0.4 is 0 Å². The molecule has 0 unspecified atom stereocenters. The number of rotatable bonds is 2. The summed E-state index contributed by atoms with van der Waals surface area (Å²) in [6.45, 7) is 3.42. The summed E-state index contributed by atoms with van der Waals surface area (Å²) in [5, 5.41) is 0. The summed E-state index contributed by atoms with van der Waals surface area (Å²) in [4.78, 5) is 13.5. The van der Waals surface area contributed by atoms with Gasteiger partial charge in [-0.1, -0.05) is 30.3 Å². The van der Waals surface area contributed by atoms with Crippen molar-refractivity contribution >= 4 is 6.09 Å². The maximum atomic E-state index is 13.4. The number of amides is 1. The van der Waals surface area contributed by atoms with Gasteiger partial charge in [0.05, 0.1) is 0 Å². The summed E-state index contributed by atoms with van der Waals surface area (Å²) in [6.07, 6.45) is -1.14. The average Bonchev–Trinajstić information content (AvgIpc) is 2.35. The molecule has 0 bridgehead atoms. The summed E-state index contributed by atoms with van der Waals surface area (Å²) < 4.78 is 32.0. The maximum Gasteiger partial charge on any atom is 0.410 e. The van der Waals surface area contributed by atoms with E-state index in [2.05, 4.69) is 0 Å². The molecule has 0 saturated carbocycles. The molecule has 1 aromatic rings. The Morgan fingerprint density at radius 1 is 1.25 bits per heavy atom. The van der Waals surface area contributed by atoms with Crippen LogP contribution >= 0.6 is 0 Å². The minimum atomic E-state index is -2.70. The molecule has 0 spiro atoms. The van der Waals surface area contributed by atoms with Crippen molar-refractivity contribution in [3.8, 4) is 0 Å². The van der Waals surface area contributed by atoms with E-state index < -0.39 is 24.1 Å². The smallest absolute Gasteiger partial charge is 0.410 e. The first-order valence-corrected chi connectivity index (χ1v) is 6.76. The average molecular weight is 283 g/mol. The van der Waals surface area contributed by atoms with Gasteiger partial charge < -0.3 is 9.64 Å². The number of halogens is 2. The summed E-state index contributed by atoms with van der Waals surface area (Å²) in [7, 11) is 0. The third-order valence-electron chi connectivity index (χ3n) is 3.55. The van der Waals surface area contributed by atoms with Crippen LogP contribution in [0.25, 0.3) is 0 Å². The molecule has 20 heavy (non-hydrogen) atoms. The van der Waals surface area contributed by atoms with Gasteiger partial charge in [0.15, 0.2) is 0 Å². The molecule has 1 aliphatic heterocycles. The minimum Gasteiger partial charge on any atom is -0.445 e. The Morgan fingerprint density at radius 2 is 1.80 bits per heavy atom. The fourth-order valence-corrected chi connectivity index (χ4v) is 2.73. The Kier molecular flexibility index (Phi) is 4.26. The van der Waals surface area contributed by atoms with Crippen molar-refractivity contribution < 1.29 is 18.3 Å². The van der Waals surface area contributed by atoms with E-state index in [9.17, 15) is 13.6 Å². The van der Waals surface area contributed by atoms with Crippen molar-refractivity contribution in [1.82, 2.24) is 4.90 Å². The minimum absolute atomic E-state index is 0.159. The summed E-state index contributed by atoms with van der Waals surface area (Å²) in [5.74, 6) is -2.70. The predicted molar refractivity (Wildman–Crippen MR) is 71.6 cm³/mol. The van der Waals surface area contributed by atoms with Crippen LogP contribution in [-0.4, -0.2) is 29.0 Å². The van der Waals surface area contributed by atoms with Crippen LogP contribution in [0.1, 0.15) is 32.3 Å². The van der Waals surface area contributed by atoms with Crippen LogP contribution in [0.3, 0.4) is 0 Å². The van der Waals surface area contributed by atoms with Gasteiger partial charge in [0, 0.05) is 24.9 Å². The lowest BCUT2D eigenvalue weighted by atomic mass is 9.94. The van der Waals surface area contributed by atoms with Gasteiger partial charge in [-0.3, -0.25) is 0 Å². The third-order valence-corrected chi connectivity index (χ3v) is 3.55. The fourth-order valence-electron chi connectivity index (χ4n) is 2.73. The van der Waals surface area contributed by atoms with E-state index in [1.807, 2.05) is 30.3 Å². The Hall–Kier alpha value is -1.65. The van der Waals surface area contributed by atoms with E-state index in [0.29, 0.717) is 0 Å². The molecule has 2 rings (SSSR count). The van der Waals surface area contributed by atoms with Crippen LogP contribution in [0.2, 0.25) is 0 Å². The van der Waals surface area contributed by atoms with Gasteiger partial charge in [-0.2, -0.15) is 0 Å². The number of piperidine rings is 1. The summed E-state index contributed by atoms with van der Waals surface area (Å²) in [5.41, 5.74) is 0.878.